The van der Waals surface area contributed by atoms with Gasteiger partial charge in [0.1, 0.15) is 5.69 Å². The first-order valence-electron chi connectivity index (χ1n) is 11.6. The molecular weight excluding hydrogens is 468 g/mol. The summed E-state index contributed by atoms with van der Waals surface area (Å²) in [5, 5.41) is 15.0. The molecule has 0 saturated heterocycles. The highest BCUT2D eigenvalue weighted by Gasteiger charge is 2.20. The van der Waals surface area contributed by atoms with Gasteiger partial charge in [-0.25, -0.2) is 18.2 Å². The van der Waals surface area contributed by atoms with Crippen LogP contribution in [0.4, 0.5) is 0 Å². The molecule has 5 rings (SSSR count). The zero-order valence-corrected chi connectivity index (χ0v) is 20.0. The van der Waals surface area contributed by atoms with Gasteiger partial charge < -0.3 is 10.1 Å². The molecule has 1 aliphatic carbocycles. The van der Waals surface area contributed by atoms with E-state index in [2.05, 4.69) is 15.1 Å². The molecule has 35 heavy (non-hydrogen) atoms. The number of aromatic nitrogens is 5. The Balaban J connectivity index is 1.62. The Morgan fingerprint density at radius 1 is 1.26 bits per heavy atom. The van der Waals surface area contributed by atoms with E-state index in [9.17, 15) is 18.3 Å². The number of benzene rings is 1. The maximum Gasteiger partial charge on any atom is 0.326 e. The Morgan fingerprint density at radius 3 is 2.80 bits per heavy atom. The Kier molecular flexibility index (Phi) is 6.01. The predicted octanol–water partition coefficient (Wildman–Crippen LogP) is 1.44. The summed E-state index contributed by atoms with van der Waals surface area (Å²) in [6.45, 7) is 1.97. The van der Waals surface area contributed by atoms with E-state index in [-0.39, 0.29) is 29.1 Å². The zero-order chi connectivity index (χ0) is 24.6. The standard InChI is InChI=1S/C24H26N6O4S/c1-2-3-9-35(33,34)14-15-5-4-6-16(10-15)19-12-21(26-18-7-8-18)30-22(27-19)17(13-25-30)11-20-23(31)29-24(32)28-20/h4-6,10-13,18,31H,2-3,7-9,14H2,1H3,(H2,28,29,32). The monoisotopic (exact) mass is 494 g/mol. The van der Waals surface area contributed by atoms with Gasteiger partial charge >= 0.3 is 5.69 Å². The third-order valence-corrected chi connectivity index (χ3v) is 7.48. The molecule has 3 aromatic heterocycles. The van der Waals surface area contributed by atoms with Gasteiger partial charge in [0.15, 0.2) is 21.0 Å². The van der Waals surface area contributed by atoms with Crippen LogP contribution >= 0.6 is 0 Å². The summed E-state index contributed by atoms with van der Waals surface area (Å²) in [6, 6.07) is 9.46. The lowest BCUT2D eigenvalue weighted by Crippen LogP contribution is -2.19. The third kappa shape index (κ3) is 5.19. The number of sulfone groups is 1. The summed E-state index contributed by atoms with van der Waals surface area (Å²) in [4.78, 5) is 25.9. The van der Waals surface area contributed by atoms with Crippen molar-refractivity contribution in [3.63, 3.8) is 0 Å². The van der Waals surface area contributed by atoms with Crippen molar-refractivity contribution in [1.29, 1.82) is 0 Å². The first-order chi connectivity index (χ1) is 16.8. The number of unbranched alkanes of at least 4 members (excludes halogenated alkanes) is 1. The van der Waals surface area contributed by atoms with Crippen LogP contribution in [0.25, 0.3) is 23.0 Å². The smallest absolute Gasteiger partial charge is 0.326 e. The molecule has 0 atom stereocenters. The van der Waals surface area contributed by atoms with E-state index < -0.39 is 15.5 Å². The SMILES string of the molecule is CCCCS(=O)(=O)Cc1cccc(-c2cc(=NC3CC3)n3ncc(=Cc4[nH]c(=O)[nH]c4O)c3n2)c1. The fourth-order valence-electron chi connectivity index (χ4n) is 3.85. The minimum absolute atomic E-state index is 0.0196. The highest BCUT2D eigenvalue weighted by Crippen LogP contribution is 2.23. The van der Waals surface area contributed by atoms with Gasteiger partial charge in [0, 0.05) is 16.8 Å². The molecule has 0 spiro atoms. The van der Waals surface area contributed by atoms with E-state index in [1.165, 1.54) is 0 Å². The van der Waals surface area contributed by atoms with Crippen molar-refractivity contribution in [2.75, 3.05) is 5.75 Å². The molecule has 11 heteroatoms. The molecule has 1 fully saturated rings. The molecule has 0 radical (unpaired) electrons. The number of aromatic hydroxyl groups is 1. The van der Waals surface area contributed by atoms with Gasteiger partial charge in [0.2, 0.25) is 5.88 Å². The number of aromatic amines is 2. The molecular formula is C24H26N6O4S. The lowest BCUT2D eigenvalue weighted by molar-refractivity contribution is 0.454. The number of fused-ring (bicyclic) bond motifs is 1. The van der Waals surface area contributed by atoms with Crippen LogP contribution in [0.2, 0.25) is 0 Å². The predicted molar refractivity (Wildman–Crippen MR) is 131 cm³/mol. The molecule has 1 aliphatic rings. The van der Waals surface area contributed by atoms with Crippen LogP contribution in [-0.4, -0.2) is 49.9 Å². The molecule has 0 amide bonds. The molecule has 182 valence electrons. The van der Waals surface area contributed by atoms with Crippen molar-refractivity contribution >= 4 is 21.6 Å². The zero-order valence-electron chi connectivity index (χ0n) is 19.2. The maximum atomic E-state index is 12.5. The van der Waals surface area contributed by atoms with Crippen LogP contribution in [-0.2, 0) is 15.6 Å². The molecule has 10 nitrogen and oxygen atoms in total. The Bertz CT molecular complexity index is 1680. The minimum Gasteiger partial charge on any atom is -0.493 e. The van der Waals surface area contributed by atoms with Gasteiger partial charge in [-0.1, -0.05) is 31.5 Å². The van der Waals surface area contributed by atoms with E-state index >= 15 is 0 Å². The van der Waals surface area contributed by atoms with Crippen LogP contribution in [0.1, 0.15) is 43.9 Å². The molecule has 0 unspecified atom stereocenters. The fraction of sp³-hybridized carbons (Fsp3) is 0.333. The molecule has 0 aliphatic heterocycles. The van der Waals surface area contributed by atoms with Gasteiger partial charge in [0.25, 0.3) is 0 Å². The maximum absolute atomic E-state index is 12.5. The second-order valence-electron chi connectivity index (χ2n) is 8.83. The average Bonchev–Trinajstić information content (AvgIpc) is 3.45. The Labute approximate surface area is 201 Å². The molecule has 1 aromatic carbocycles. The van der Waals surface area contributed by atoms with E-state index in [1.54, 1.807) is 16.8 Å². The second-order valence-corrected chi connectivity index (χ2v) is 11.0. The highest BCUT2D eigenvalue weighted by molar-refractivity contribution is 7.90. The molecule has 3 N–H and O–H groups in total. The van der Waals surface area contributed by atoms with E-state index in [0.717, 1.165) is 24.8 Å². The number of imidazole rings is 1. The van der Waals surface area contributed by atoms with E-state index in [4.69, 9.17) is 9.98 Å². The molecule has 4 aromatic rings. The largest absolute Gasteiger partial charge is 0.493 e. The topological polar surface area (TPSA) is 146 Å². The number of hydrogen-bond donors (Lipinski definition) is 3. The number of nitrogens with zero attached hydrogens (tertiary/aromatic N) is 4. The minimum atomic E-state index is -3.19. The summed E-state index contributed by atoms with van der Waals surface area (Å²) < 4.78 is 26.6. The molecule has 3 heterocycles. The first-order valence-corrected chi connectivity index (χ1v) is 13.4. The quantitative estimate of drug-likeness (QED) is 0.338. The summed E-state index contributed by atoms with van der Waals surface area (Å²) in [5.74, 6) is -0.120. The van der Waals surface area contributed by atoms with Gasteiger partial charge in [0.05, 0.1) is 29.4 Å². The normalized spacial score (nSPS) is 15.3. The van der Waals surface area contributed by atoms with Gasteiger partial charge in [-0.05, 0) is 37.0 Å². The molecule has 0 bridgehead atoms. The summed E-state index contributed by atoms with van der Waals surface area (Å²) in [6.07, 6.45) is 6.69. The van der Waals surface area contributed by atoms with Crippen LogP contribution in [0.3, 0.4) is 0 Å². The second kappa shape index (κ2) is 9.14. The summed E-state index contributed by atoms with van der Waals surface area (Å²) in [5.41, 5.74) is 2.95. The Hall–Kier alpha value is -3.73. The van der Waals surface area contributed by atoms with Gasteiger partial charge in [-0.2, -0.15) is 9.61 Å². The van der Waals surface area contributed by atoms with Crippen molar-refractivity contribution in [3.05, 3.63) is 69.0 Å². The first kappa shape index (κ1) is 23.0. The van der Waals surface area contributed by atoms with Crippen LogP contribution in [0, 0.1) is 0 Å². The average molecular weight is 495 g/mol. The summed E-state index contributed by atoms with van der Waals surface area (Å²) >= 11 is 0. The van der Waals surface area contributed by atoms with Gasteiger partial charge in [-0.3, -0.25) is 9.98 Å². The molecule has 1 saturated carbocycles. The fourth-order valence-corrected chi connectivity index (χ4v) is 5.41. The van der Waals surface area contributed by atoms with Crippen LogP contribution < -0.4 is 16.4 Å². The lowest BCUT2D eigenvalue weighted by Gasteiger charge is -2.07. The van der Waals surface area contributed by atoms with Crippen molar-refractivity contribution in [2.45, 2.75) is 44.4 Å². The Morgan fingerprint density at radius 2 is 2.09 bits per heavy atom. The third-order valence-electron chi connectivity index (χ3n) is 5.80. The van der Waals surface area contributed by atoms with Crippen molar-refractivity contribution in [1.82, 2.24) is 24.6 Å². The van der Waals surface area contributed by atoms with Crippen molar-refractivity contribution in [2.24, 2.45) is 4.99 Å². The summed E-state index contributed by atoms with van der Waals surface area (Å²) in [7, 11) is -3.19. The number of nitrogens with one attached hydrogen (secondary N) is 2. The van der Waals surface area contributed by atoms with Crippen molar-refractivity contribution in [3.8, 4) is 17.1 Å². The van der Waals surface area contributed by atoms with Crippen LogP contribution in [0.5, 0.6) is 5.88 Å². The van der Waals surface area contributed by atoms with E-state index in [0.29, 0.717) is 34.0 Å². The highest BCUT2D eigenvalue weighted by atomic mass is 32.2. The van der Waals surface area contributed by atoms with E-state index in [1.807, 2.05) is 37.3 Å². The number of H-pyrrole nitrogens is 2. The number of rotatable bonds is 8. The van der Waals surface area contributed by atoms with Crippen LogP contribution in [0.15, 0.2) is 46.3 Å². The number of hydrogen-bond acceptors (Lipinski definition) is 7. The lowest BCUT2D eigenvalue weighted by atomic mass is 10.1. The van der Waals surface area contributed by atoms with Gasteiger partial charge in [-0.15, -0.1) is 0 Å². The van der Waals surface area contributed by atoms with Crippen molar-refractivity contribution < 1.29 is 13.5 Å².